The van der Waals surface area contributed by atoms with Crippen LogP contribution in [0, 0.1) is 11.6 Å². The first kappa shape index (κ1) is 16.8. The highest BCUT2D eigenvalue weighted by Crippen LogP contribution is 2.34. The van der Waals surface area contributed by atoms with E-state index in [0.29, 0.717) is 16.0 Å². The molecule has 1 amide bonds. The molecule has 4 rings (SSSR count). The highest BCUT2D eigenvalue weighted by Gasteiger charge is 2.21. The van der Waals surface area contributed by atoms with Crippen molar-refractivity contribution in [2.75, 3.05) is 5.32 Å². The molecule has 5 nitrogen and oxygen atoms in total. The van der Waals surface area contributed by atoms with E-state index >= 15 is 0 Å². The largest absolute Gasteiger partial charge is 0.326 e. The molecular formula is C18H15F2N3O2S. The Hall–Kier alpha value is -2.61. The predicted octanol–water partition coefficient (Wildman–Crippen LogP) is 3.32. The molecule has 8 heteroatoms. The summed E-state index contributed by atoms with van der Waals surface area (Å²) < 4.78 is 26.3. The summed E-state index contributed by atoms with van der Waals surface area (Å²) in [7, 11) is 0. The topological polar surface area (TPSA) is 74.8 Å². The number of aromatic amines is 1. The number of carbonyl (C=O) groups excluding carboxylic acids is 1. The Balaban J connectivity index is 1.47. The van der Waals surface area contributed by atoms with Gasteiger partial charge in [0, 0.05) is 29.5 Å². The minimum Gasteiger partial charge on any atom is -0.326 e. The third kappa shape index (κ3) is 3.24. The summed E-state index contributed by atoms with van der Waals surface area (Å²) in [4.78, 5) is 33.5. The van der Waals surface area contributed by atoms with E-state index in [1.54, 1.807) is 0 Å². The van der Waals surface area contributed by atoms with E-state index in [0.717, 1.165) is 43.0 Å². The van der Waals surface area contributed by atoms with Crippen LogP contribution in [0.4, 0.5) is 14.5 Å². The molecule has 0 saturated carbocycles. The van der Waals surface area contributed by atoms with Crippen LogP contribution in [0.15, 0.2) is 23.0 Å². The average Bonchev–Trinajstić information content (AvgIpc) is 3.12. The normalized spacial score (nSPS) is 13.2. The molecule has 0 fully saturated rings. The van der Waals surface area contributed by atoms with Crippen molar-refractivity contribution in [2.24, 2.45) is 0 Å². The Bertz CT molecular complexity index is 1050. The van der Waals surface area contributed by atoms with Gasteiger partial charge in [-0.15, -0.1) is 11.3 Å². The number of carbonyl (C=O) groups is 1. The van der Waals surface area contributed by atoms with Crippen LogP contribution >= 0.6 is 11.3 Å². The van der Waals surface area contributed by atoms with Crippen molar-refractivity contribution in [2.45, 2.75) is 32.1 Å². The number of fused-ring (bicyclic) bond motifs is 3. The fourth-order valence-corrected chi connectivity index (χ4v) is 4.53. The van der Waals surface area contributed by atoms with Gasteiger partial charge in [-0.05, 0) is 37.0 Å². The zero-order valence-electron chi connectivity index (χ0n) is 13.7. The fourth-order valence-electron chi connectivity index (χ4n) is 3.25. The zero-order chi connectivity index (χ0) is 18.3. The number of benzene rings is 1. The molecule has 2 heterocycles. The Morgan fingerprint density at radius 1 is 1.23 bits per heavy atom. The number of aromatic nitrogens is 2. The molecule has 0 aliphatic heterocycles. The number of thiophene rings is 1. The first-order valence-electron chi connectivity index (χ1n) is 8.29. The van der Waals surface area contributed by atoms with Crippen LogP contribution in [-0.4, -0.2) is 15.9 Å². The van der Waals surface area contributed by atoms with Crippen molar-refractivity contribution in [1.29, 1.82) is 0 Å². The van der Waals surface area contributed by atoms with Gasteiger partial charge in [-0.2, -0.15) is 0 Å². The van der Waals surface area contributed by atoms with E-state index in [9.17, 15) is 18.4 Å². The van der Waals surface area contributed by atoms with Gasteiger partial charge in [0.2, 0.25) is 5.91 Å². The Labute approximate surface area is 151 Å². The second kappa shape index (κ2) is 6.60. The molecule has 26 heavy (non-hydrogen) atoms. The Morgan fingerprint density at radius 2 is 2.00 bits per heavy atom. The molecule has 0 unspecified atom stereocenters. The van der Waals surface area contributed by atoms with Gasteiger partial charge in [0.1, 0.15) is 22.3 Å². The SMILES string of the molecule is O=C(CCc1nc2sc3c(c2c(=O)[nH]1)CCC3)Nc1cc(F)cc(F)c1. The second-order valence-corrected chi connectivity index (χ2v) is 7.34. The number of halogens is 2. The Kier molecular flexibility index (Phi) is 4.28. The third-order valence-corrected chi connectivity index (χ3v) is 5.54. The summed E-state index contributed by atoms with van der Waals surface area (Å²) in [5, 5.41) is 3.11. The predicted molar refractivity (Wildman–Crippen MR) is 95.6 cm³/mol. The van der Waals surface area contributed by atoms with Crippen LogP contribution in [0.5, 0.6) is 0 Å². The summed E-state index contributed by atoms with van der Waals surface area (Å²) in [6.07, 6.45) is 3.23. The van der Waals surface area contributed by atoms with Gasteiger partial charge in [0.15, 0.2) is 0 Å². The molecule has 0 spiro atoms. The van der Waals surface area contributed by atoms with Crippen molar-refractivity contribution in [3.8, 4) is 0 Å². The highest BCUT2D eigenvalue weighted by atomic mass is 32.1. The molecule has 1 aliphatic carbocycles. The second-order valence-electron chi connectivity index (χ2n) is 6.26. The summed E-state index contributed by atoms with van der Waals surface area (Å²) in [5.41, 5.74) is 0.993. The molecule has 2 aromatic heterocycles. The van der Waals surface area contributed by atoms with Crippen molar-refractivity contribution in [1.82, 2.24) is 9.97 Å². The molecule has 0 bridgehead atoms. The monoisotopic (exact) mass is 375 g/mol. The van der Waals surface area contributed by atoms with Crippen LogP contribution in [0.3, 0.4) is 0 Å². The van der Waals surface area contributed by atoms with Gasteiger partial charge in [0.05, 0.1) is 5.39 Å². The summed E-state index contributed by atoms with van der Waals surface area (Å²) in [5.74, 6) is -1.50. The number of H-pyrrole nitrogens is 1. The minimum absolute atomic E-state index is 0.0394. The first-order chi connectivity index (χ1) is 12.5. The van der Waals surface area contributed by atoms with Gasteiger partial charge in [0.25, 0.3) is 5.56 Å². The lowest BCUT2D eigenvalue weighted by atomic mass is 10.2. The molecule has 134 valence electrons. The van der Waals surface area contributed by atoms with Gasteiger partial charge >= 0.3 is 0 Å². The van der Waals surface area contributed by atoms with E-state index < -0.39 is 17.5 Å². The first-order valence-corrected chi connectivity index (χ1v) is 9.10. The summed E-state index contributed by atoms with van der Waals surface area (Å²) in [6.45, 7) is 0. The number of hydrogen-bond acceptors (Lipinski definition) is 4. The quantitative estimate of drug-likeness (QED) is 0.735. The minimum atomic E-state index is -0.762. The molecular weight excluding hydrogens is 360 g/mol. The maximum atomic E-state index is 13.2. The van der Waals surface area contributed by atoms with E-state index in [2.05, 4.69) is 15.3 Å². The van der Waals surface area contributed by atoms with Crippen molar-refractivity contribution < 1.29 is 13.6 Å². The Morgan fingerprint density at radius 3 is 2.77 bits per heavy atom. The number of nitrogens with one attached hydrogen (secondary N) is 2. The maximum Gasteiger partial charge on any atom is 0.259 e. The average molecular weight is 375 g/mol. The van der Waals surface area contributed by atoms with E-state index in [1.807, 2.05) is 0 Å². The number of rotatable bonds is 4. The number of aryl methyl sites for hydroxylation is 3. The van der Waals surface area contributed by atoms with Gasteiger partial charge in [-0.3, -0.25) is 9.59 Å². The molecule has 3 aromatic rings. The smallest absolute Gasteiger partial charge is 0.259 e. The summed E-state index contributed by atoms with van der Waals surface area (Å²) >= 11 is 1.54. The molecule has 2 N–H and O–H groups in total. The highest BCUT2D eigenvalue weighted by molar-refractivity contribution is 7.18. The van der Waals surface area contributed by atoms with Crippen molar-refractivity contribution in [3.63, 3.8) is 0 Å². The van der Waals surface area contributed by atoms with Crippen LogP contribution < -0.4 is 10.9 Å². The van der Waals surface area contributed by atoms with Crippen molar-refractivity contribution in [3.05, 3.63) is 56.5 Å². The lowest BCUT2D eigenvalue weighted by molar-refractivity contribution is -0.116. The lowest BCUT2D eigenvalue weighted by Crippen LogP contribution is -2.16. The maximum absolute atomic E-state index is 13.2. The van der Waals surface area contributed by atoms with Gasteiger partial charge < -0.3 is 10.3 Å². The van der Waals surface area contributed by atoms with Gasteiger partial charge in [-0.25, -0.2) is 13.8 Å². The van der Waals surface area contributed by atoms with Gasteiger partial charge in [-0.1, -0.05) is 0 Å². The van der Waals surface area contributed by atoms with Crippen LogP contribution in [0.1, 0.15) is 29.1 Å². The fraction of sp³-hybridized carbons (Fsp3) is 0.278. The molecule has 0 saturated heterocycles. The van der Waals surface area contributed by atoms with Crippen LogP contribution in [0.25, 0.3) is 10.2 Å². The summed E-state index contributed by atoms with van der Waals surface area (Å²) in [6, 6.07) is 2.82. The van der Waals surface area contributed by atoms with Crippen LogP contribution in [0.2, 0.25) is 0 Å². The molecule has 0 atom stereocenters. The molecule has 0 radical (unpaired) electrons. The molecule has 1 aliphatic rings. The standard InChI is InChI=1S/C18H15F2N3O2S/c19-9-6-10(20)8-11(7-9)21-15(24)5-4-14-22-17(25)16-12-2-1-3-13(12)26-18(16)23-14/h6-8H,1-5H2,(H,21,24)(H,22,23,25). The van der Waals surface area contributed by atoms with Crippen molar-refractivity contribution >= 4 is 33.1 Å². The number of hydrogen-bond donors (Lipinski definition) is 2. The van der Waals surface area contributed by atoms with E-state index in [-0.39, 0.29) is 24.1 Å². The van der Waals surface area contributed by atoms with Crippen LogP contribution in [-0.2, 0) is 24.1 Å². The van der Waals surface area contributed by atoms with E-state index in [4.69, 9.17) is 0 Å². The lowest BCUT2D eigenvalue weighted by Gasteiger charge is -2.06. The zero-order valence-corrected chi connectivity index (χ0v) is 14.5. The molecule has 1 aromatic carbocycles. The third-order valence-electron chi connectivity index (χ3n) is 4.36. The van der Waals surface area contributed by atoms with E-state index in [1.165, 1.54) is 16.2 Å². The number of anilines is 1. The number of nitrogens with zero attached hydrogens (tertiary/aromatic N) is 1. The number of amides is 1.